The first-order valence-corrected chi connectivity index (χ1v) is 12.2. The quantitative estimate of drug-likeness (QED) is 0.100. The van der Waals surface area contributed by atoms with E-state index in [0.717, 1.165) is 18.9 Å². The smallest absolute Gasteiger partial charge is 0.419 e. The van der Waals surface area contributed by atoms with Gasteiger partial charge in [0.1, 0.15) is 5.75 Å². The number of hydrogen-bond donors (Lipinski definition) is 4. The summed E-state index contributed by atoms with van der Waals surface area (Å²) in [5.74, 6) is -3.35. The Hall–Kier alpha value is -1.27. The number of aryl methyl sites for hydroxylation is 1. The second kappa shape index (κ2) is 9.41. The molecule has 0 amide bonds. The second-order valence-corrected chi connectivity index (χ2v) is 10.3. The van der Waals surface area contributed by atoms with Gasteiger partial charge in [-0.05, 0) is 43.4 Å². The summed E-state index contributed by atoms with van der Waals surface area (Å²) in [4.78, 5) is 0. The van der Waals surface area contributed by atoms with E-state index in [2.05, 4.69) is 9.05 Å². The van der Waals surface area contributed by atoms with E-state index in [1.165, 1.54) is 12.1 Å². The van der Waals surface area contributed by atoms with Gasteiger partial charge in [-0.2, -0.15) is 13.2 Å². The molecule has 2 heterocycles. The molecular formula is C20H28F4NO7P. The molecule has 2 aliphatic rings. The molecule has 0 spiro atoms. The van der Waals surface area contributed by atoms with Gasteiger partial charge < -0.3 is 25.8 Å². The number of benzene rings is 1. The molecule has 2 aliphatic heterocycles. The SMILES string of the molecule is NC(CO)(CCc1ccc(OCCCCCCCF)c(C(F)(F)F)c1)C(O)(O)C12OP1(=O)O2. The molecule has 3 rings (SSSR count). The van der Waals surface area contributed by atoms with Crippen molar-refractivity contribution in [3.63, 3.8) is 0 Å². The summed E-state index contributed by atoms with van der Waals surface area (Å²) in [5, 5.41) is 30.4. The minimum atomic E-state index is -4.70. The van der Waals surface area contributed by atoms with Crippen LogP contribution in [-0.2, 0) is 26.2 Å². The standard InChI is InChI=1S/C20H28F4NO7P/c21-10-4-2-1-3-5-11-30-16-7-6-14(12-15(16)18(22,23)24)8-9-17(25,13-26)19(27,28)20-31-33(20,29)32-20/h6-7,12,26-28H,1-5,8-11,13,25H2. The molecule has 0 aromatic heterocycles. The minimum absolute atomic E-state index is 0.0775. The highest BCUT2D eigenvalue weighted by molar-refractivity contribution is 7.68. The molecule has 0 bridgehead atoms. The number of ether oxygens (including phenoxy) is 1. The van der Waals surface area contributed by atoms with Gasteiger partial charge in [0.25, 0.3) is 5.79 Å². The average Bonchev–Trinajstić information content (AvgIpc) is 3.56. The highest BCUT2D eigenvalue weighted by atomic mass is 31.2. The molecule has 188 valence electrons. The molecular weight excluding hydrogens is 473 g/mol. The largest absolute Gasteiger partial charge is 0.493 e. The van der Waals surface area contributed by atoms with Crippen molar-refractivity contribution in [2.24, 2.45) is 5.73 Å². The fraction of sp³-hybridized carbons (Fsp3) is 0.700. The molecule has 2 fully saturated rings. The van der Waals surface area contributed by atoms with E-state index < -0.39 is 42.8 Å². The van der Waals surface area contributed by atoms with Gasteiger partial charge in [0.05, 0.1) is 31.0 Å². The van der Waals surface area contributed by atoms with Gasteiger partial charge in [-0.25, -0.2) is 0 Å². The van der Waals surface area contributed by atoms with Crippen molar-refractivity contribution >= 4 is 7.60 Å². The molecule has 1 atom stereocenters. The van der Waals surface area contributed by atoms with Crippen LogP contribution in [-0.4, -0.2) is 52.1 Å². The first-order chi connectivity index (χ1) is 15.4. The summed E-state index contributed by atoms with van der Waals surface area (Å²) in [6, 6.07) is 3.42. The zero-order valence-electron chi connectivity index (χ0n) is 17.8. The van der Waals surface area contributed by atoms with Crippen LogP contribution in [0.3, 0.4) is 0 Å². The molecule has 1 aromatic rings. The first-order valence-electron chi connectivity index (χ1n) is 10.6. The summed E-state index contributed by atoms with van der Waals surface area (Å²) >= 11 is 0. The number of aliphatic hydroxyl groups is 3. The third kappa shape index (κ3) is 5.07. The Morgan fingerprint density at radius 2 is 1.70 bits per heavy atom. The lowest BCUT2D eigenvalue weighted by Crippen LogP contribution is -2.68. The molecule has 0 aliphatic carbocycles. The van der Waals surface area contributed by atoms with Crippen LogP contribution in [0.2, 0.25) is 0 Å². The van der Waals surface area contributed by atoms with Crippen LogP contribution in [0.1, 0.15) is 49.7 Å². The van der Waals surface area contributed by atoms with Gasteiger partial charge in [-0.1, -0.05) is 25.3 Å². The van der Waals surface area contributed by atoms with Crippen molar-refractivity contribution in [3.05, 3.63) is 29.3 Å². The summed E-state index contributed by atoms with van der Waals surface area (Å²) in [7, 11) is -3.61. The predicted molar refractivity (Wildman–Crippen MR) is 108 cm³/mol. The normalized spacial score (nSPS) is 25.9. The van der Waals surface area contributed by atoms with E-state index in [1.807, 2.05) is 0 Å². The highest BCUT2D eigenvalue weighted by Crippen LogP contribution is 3.00. The Morgan fingerprint density at radius 3 is 2.24 bits per heavy atom. The van der Waals surface area contributed by atoms with E-state index in [0.29, 0.717) is 19.3 Å². The lowest BCUT2D eigenvalue weighted by atomic mass is 9.84. The van der Waals surface area contributed by atoms with Crippen LogP contribution in [0.15, 0.2) is 18.2 Å². The Kier molecular flexibility index (Phi) is 7.51. The number of halogens is 4. The zero-order chi connectivity index (χ0) is 24.5. The maximum Gasteiger partial charge on any atom is 0.419 e. The number of hydrogen-bond acceptors (Lipinski definition) is 8. The van der Waals surface area contributed by atoms with E-state index in [4.69, 9.17) is 10.5 Å². The molecule has 0 saturated carbocycles. The Balaban J connectivity index is 1.63. The maximum absolute atomic E-state index is 13.6. The fourth-order valence-corrected chi connectivity index (χ4v) is 5.49. The molecule has 8 nitrogen and oxygen atoms in total. The topological polar surface area (TPSA) is 138 Å². The number of fused-ring (bicyclic) bond motifs is 1. The lowest BCUT2D eigenvalue weighted by molar-refractivity contribution is -0.290. The van der Waals surface area contributed by atoms with E-state index in [1.54, 1.807) is 0 Å². The van der Waals surface area contributed by atoms with Gasteiger partial charge in [0.2, 0.25) is 0 Å². The number of aliphatic hydroxyl groups excluding tert-OH is 1. The van der Waals surface area contributed by atoms with Crippen molar-refractivity contribution in [1.82, 2.24) is 0 Å². The molecule has 1 unspecified atom stereocenters. The second-order valence-electron chi connectivity index (χ2n) is 8.38. The molecule has 0 radical (unpaired) electrons. The van der Waals surface area contributed by atoms with Crippen LogP contribution in [0.4, 0.5) is 17.6 Å². The Labute approximate surface area is 188 Å². The maximum atomic E-state index is 13.6. The van der Waals surface area contributed by atoms with Crippen LogP contribution >= 0.6 is 7.60 Å². The van der Waals surface area contributed by atoms with Crippen molar-refractivity contribution in [3.8, 4) is 5.75 Å². The van der Waals surface area contributed by atoms with Crippen LogP contribution in [0, 0.1) is 0 Å². The molecule has 1 aromatic carbocycles. The van der Waals surface area contributed by atoms with E-state index in [9.17, 15) is 37.4 Å². The monoisotopic (exact) mass is 501 g/mol. The Bertz CT molecular complexity index is 888. The summed E-state index contributed by atoms with van der Waals surface area (Å²) in [6.45, 7) is -1.29. The van der Waals surface area contributed by atoms with Crippen LogP contribution in [0.25, 0.3) is 0 Å². The highest BCUT2D eigenvalue weighted by Gasteiger charge is 3.01. The molecule has 13 heteroatoms. The van der Waals surface area contributed by atoms with Crippen molar-refractivity contribution in [2.75, 3.05) is 19.9 Å². The molecule has 5 N–H and O–H groups in total. The van der Waals surface area contributed by atoms with Crippen LogP contribution < -0.4 is 10.5 Å². The van der Waals surface area contributed by atoms with Crippen LogP contribution in [0.5, 0.6) is 5.75 Å². The predicted octanol–water partition coefficient (Wildman–Crippen LogP) is 3.21. The third-order valence-electron chi connectivity index (χ3n) is 5.95. The van der Waals surface area contributed by atoms with Gasteiger partial charge in [0, 0.05) is 0 Å². The lowest BCUT2D eigenvalue weighted by Gasteiger charge is -2.38. The summed E-state index contributed by atoms with van der Waals surface area (Å²) in [5.41, 5.74) is 0.720. The fourth-order valence-electron chi connectivity index (χ4n) is 3.64. The first kappa shape index (κ1) is 26.3. The third-order valence-corrected chi connectivity index (χ3v) is 7.82. The minimum Gasteiger partial charge on any atom is -0.493 e. The van der Waals surface area contributed by atoms with Gasteiger partial charge in [-0.15, -0.1) is 0 Å². The van der Waals surface area contributed by atoms with E-state index >= 15 is 0 Å². The number of nitrogens with two attached hydrogens (primary N) is 1. The van der Waals surface area contributed by atoms with Crippen molar-refractivity contribution < 1.29 is 51.2 Å². The molecule has 2 saturated heterocycles. The van der Waals surface area contributed by atoms with Gasteiger partial charge >= 0.3 is 19.3 Å². The number of unbranched alkanes of at least 4 members (excludes halogenated alkanes) is 4. The average molecular weight is 501 g/mol. The number of alkyl halides is 4. The summed E-state index contributed by atoms with van der Waals surface area (Å²) < 4.78 is 79.1. The van der Waals surface area contributed by atoms with Crippen molar-refractivity contribution in [2.45, 2.75) is 68.0 Å². The molecule has 33 heavy (non-hydrogen) atoms. The Morgan fingerprint density at radius 1 is 1.09 bits per heavy atom. The number of rotatable bonds is 14. The van der Waals surface area contributed by atoms with Gasteiger partial charge in [-0.3, -0.25) is 18.0 Å². The van der Waals surface area contributed by atoms with Gasteiger partial charge in [0.15, 0.2) is 0 Å². The van der Waals surface area contributed by atoms with Crippen molar-refractivity contribution in [1.29, 1.82) is 0 Å². The summed E-state index contributed by atoms with van der Waals surface area (Å²) in [6.07, 6.45) is -2.04. The van der Waals surface area contributed by atoms with E-state index in [-0.39, 0.29) is 37.4 Å². The zero-order valence-corrected chi connectivity index (χ0v) is 18.7.